The lowest BCUT2D eigenvalue weighted by Gasteiger charge is -2.31. The van der Waals surface area contributed by atoms with E-state index in [9.17, 15) is 14.0 Å². The van der Waals surface area contributed by atoms with Crippen molar-refractivity contribution in [3.05, 3.63) is 29.6 Å². The molecule has 7 heteroatoms. The molecule has 0 atom stereocenters. The molecule has 1 saturated heterocycles. The zero-order valence-corrected chi connectivity index (χ0v) is 16.9. The van der Waals surface area contributed by atoms with E-state index < -0.39 is 11.8 Å². The van der Waals surface area contributed by atoms with Crippen LogP contribution in [-0.2, 0) is 20.7 Å². The van der Waals surface area contributed by atoms with Gasteiger partial charge in [-0.2, -0.15) is 0 Å². The molecule has 0 saturated carbocycles. The van der Waals surface area contributed by atoms with E-state index in [0.29, 0.717) is 23.8 Å². The fourth-order valence-electron chi connectivity index (χ4n) is 3.23. The largest absolute Gasteiger partial charge is 0.493 e. The predicted molar refractivity (Wildman–Crippen MR) is 103 cm³/mol. The lowest BCUT2D eigenvalue weighted by Crippen LogP contribution is -2.39. The zero-order valence-electron chi connectivity index (χ0n) is 16.9. The number of carbonyl (C=O) groups is 2. The summed E-state index contributed by atoms with van der Waals surface area (Å²) in [6.07, 6.45) is 3.39. The van der Waals surface area contributed by atoms with Crippen LogP contribution >= 0.6 is 0 Å². The van der Waals surface area contributed by atoms with E-state index in [4.69, 9.17) is 9.47 Å². The Kier molecular flexibility index (Phi) is 8.54. The molecule has 0 aromatic heterocycles. The Morgan fingerprint density at radius 2 is 1.96 bits per heavy atom. The van der Waals surface area contributed by atoms with Gasteiger partial charge in [0.2, 0.25) is 0 Å². The normalized spacial score (nSPS) is 14.8. The number of nitrogens with zero attached hydrogens (tertiary/aromatic N) is 1. The molecule has 0 unspecified atom stereocenters. The predicted octanol–water partition coefficient (Wildman–Crippen LogP) is 3.96. The number of benzene rings is 1. The molecule has 0 bridgehead atoms. The van der Waals surface area contributed by atoms with Crippen LogP contribution in [0, 0.1) is 11.7 Å². The molecule has 0 radical (unpaired) electrons. The third-order valence-electron chi connectivity index (χ3n) is 4.82. The van der Waals surface area contributed by atoms with Crippen molar-refractivity contribution >= 4 is 12.1 Å². The SMILES string of the molecule is COC(=O)Cc1ccc(OCCCC2CCN(C(=O)OC(C)C)CC2)cc1F. The lowest BCUT2D eigenvalue weighted by molar-refractivity contribution is -0.139. The molecule has 0 aliphatic carbocycles. The summed E-state index contributed by atoms with van der Waals surface area (Å²) in [7, 11) is 1.28. The van der Waals surface area contributed by atoms with Crippen LogP contribution in [0.15, 0.2) is 18.2 Å². The first-order valence-corrected chi connectivity index (χ1v) is 9.82. The number of methoxy groups -OCH3 is 1. The highest BCUT2D eigenvalue weighted by atomic mass is 19.1. The van der Waals surface area contributed by atoms with Crippen LogP contribution in [0.4, 0.5) is 9.18 Å². The average molecular weight is 395 g/mol. The molecule has 1 heterocycles. The number of hydrogen-bond donors (Lipinski definition) is 0. The Morgan fingerprint density at radius 1 is 1.25 bits per heavy atom. The molecule has 156 valence electrons. The Bertz CT molecular complexity index is 656. The molecular formula is C21H30FNO5. The number of hydrogen-bond acceptors (Lipinski definition) is 5. The van der Waals surface area contributed by atoms with Crippen LogP contribution in [0.3, 0.4) is 0 Å². The number of halogens is 1. The molecule has 2 rings (SSSR count). The maximum Gasteiger partial charge on any atom is 0.410 e. The second-order valence-electron chi connectivity index (χ2n) is 7.36. The molecule has 6 nitrogen and oxygen atoms in total. The standard InChI is InChI=1S/C21H30FNO5/c1-15(2)28-21(25)23-10-8-16(9-11-23)5-4-12-27-18-7-6-17(19(22)14-18)13-20(24)26-3/h6-7,14-16H,4-5,8-13H2,1-3H3. The van der Waals surface area contributed by atoms with E-state index in [2.05, 4.69) is 4.74 Å². The zero-order chi connectivity index (χ0) is 20.5. The summed E-state index contributed by atoms with van der Waals surface area (Å²) in [6.45, 7) is 5.66. The summed E-state index contributed by atoms with van der Waals surface area (Å²) >= 11 is 0. The van der Waals surface area contributed by atoms with E-state index in [1.54, 1.807) is 17.0 Å². The Hall–Kier alpha value is -2.31. The topological polar surface area (TPSA) is 65.1 Å². The molecular weight excluding hydrogens is 365 g/mol. The number of rotatable bonds is 8. The number of carbonyl (C=O) groups excluding carboxylic acids is 2. The van der Waals surface area contributed by atoms with Gasteiger partial charge in [-0.3, -0.25) is 4.79 Å². The lowest BCUT2D eigenvalue weighted by atomic mass is 9.92. The van der Waals surface area contributed by atoms with Gasteiger partial charge >= 0.3 is 12.1 Å². The molecule has 1 aliphatic rings. The number of ether oxygens (including phenoxy) is 3. The molecule has 0 spiro atoms. The maximum absolute atomic E-state index is 14.0. The van der Waals surface area contributed by atoms with Gasteiger partial charge in [-0.1, -0.05) is 6.07 Å². The fourth-order valence-corrected chi connectivity index (χ4v) is 3.23. The number of piperidine rings is 1. The van der Waals surface area contributed by atoms with Crippen molar-refractivity contribution in [2.45, 2.75) is 52.1 Å². The Labute approximate surface area is 165 Å². The minimum Gasteiger partial charge on any atom is -0.493 e. The van der Waals surface area contributed by atoms with Gasteiger partial charge < -0.3 is 19.1 Å². The third kappa shape index (κ3) is 7.02. The highest BCUT2D eigenvalue weighted by Crippen LogP contribution is 2.23. The minimum atomic E-state index is -0.476. The van der Waals surface area contributed by atoms with Crippen LogP contribution in [-0.4, -0.2) is 49.9 Å². The van der Waals surface area contributed by atoms with Crippen molar-refractivity contribution in [3.8, 4) is 5.75 Å². The highest BCUT2D eigenvalue weighted by Gasteiger charge is 2.24. The first kappa shape index (κ1) is 22.0. The van der Waals surface area contributed by atoms with Gasteiger partial charge in [0.25, 0.3) is 0 Å². The molecule has 1 amide bonds. The molecule has 0 N–H and O–H groups in total. The van der Waals surface area contributed by atoms with Gasteiger partial charge in [-0.15, -0.1) is 0 Å². The van der Waals surface area contributed by atoms with E-state index >= 15 is 0 Å². The van der Waals surface area contributed by atoms with Crippen molar-refractivity contribution in [2.24, 2.45) is 5.92 Å². The number of amides is 1. The smallest absolute Gasteiger partial charge is 0.410 e. The first-order valence-electron chi connectivity index (χ1n) is 9.82. The van der Waals surface area contributed by atoms with Gasteiger partial charge in [-0.05, 0) is 57.1 Å². The monoisotopic (exact) mass is 395 g/mol. The maximum atomic E-state index is 14.0. The number of esters is 1. The summed E-state index contributed by atoms with van der Waals surface area (Å²) in [5.41, 5.74) is 0.293. The number of likely N-dealkylation sites (tertiary alicyclic amines) is 1. The summed E-state index contributed by atoms with van der Waals surface area (Å²) in [6, 6.07) is 4.52. The Balaban J connectivity index is 1.66. The van der Waals surface area contributed by atoms with Crippen LogP contribution in [0.5, 0.6) is 5.75 Å². The van der Waals surface area contributed by atoms with Gasteiger partial charge in [0.05, 0.1) is 26.2 Å². The highest BCUT2D eigenvalue weighted by molar-refractivity contribution is 5.72. The molecule has 1 aliphatic heterocycles. The summed E-state index contributed by atoms with van der Waals surface area (Å²) in [5.74, 6) is 0.0721. The van der Waals surface area contributed by atoms with E-state index in [1.807, 2.05) is 13.8 Å². The summed E-state index contributed by atoms with van der Waals surface area (Å²) in [5, 5.41) is 0. The van der Waals surface area contributed by atoms with Crippen molar-refractivity contribution in [1.29, 1.82) is 0 Å². The van der Waals surface area contributed by atoms with Crippen LogP contribution in [0.2, 0.25) is 0 Å². The van der Waals surface area contributed by atoms with Gasteiger partial charge in [-0.25, -0.2) is 9.18 Å². The van der Waals surface area contributed by atoms with E-state index in [1.165, 1.54) is 13.2 Å². The van der Waals surface area contributed by atoms with Crippen molar-refractivity contribution in [3.63, 3.8) is 0 Å². The molecule has 1 aromatic carbocycles. The van der Waals surface area contributed by atoms with Gasteiger partial charge in [0.15, 0.2) is 0 Å². The van der Waals surface area contributed by atoms with Crippen LogP contribution in [0.1, 0.15) is 45.1 Å². The third-order valence-corrected chi connectivity index (χ3v) is 4.82. The Morgan fingerprint density at radius 3 is 2.57 bits per heavy atom. The minimum absolute atomic E-state index is 0.0912. The molecule has 1 aromatic rings. The quantitative estimate of drug-likeness (QED) is 0.492. The molecule has 1 fully saturated rings. The summed E-state index contributed by atoms with van der Waals surface area (Å²) in [4.78, 5) is 24.9. The van der Waals surface area contributed by atoms with Gasteiger partial charge in [0, 0.05) is 19.2 Å². The van der Waals surface area contributed by atoms with Crippen molar-refractivity contribution < 1.29 is 28.2 Å². The van der Waals surface area contributed by atoms with Crippen LogP contribution < -0.4 is 4.74 Å². The second-order valence-corrected chi connectivity index (χ2v) is 7.36. The van der Waals surface area contributed by atoms with Crippen molar-refractivity contribution in [1.82, 2.24) is 4.90 Å². The van der Waals surface area contributed by atoms with Crippen LogP contribution in [0.25, 0.3) is 0 Å². The molecule has 28 heavy (non-hydrogen) atoms. The first-order chi connectivity index (χ1) is 13.4. The fraction of sp³-hybridized carbons (Fsp3) is 0.619. The van der Waals surface area contributed by atoms with Crippen molar-refractivity contribution in [2.75, 3.05) is 26.8 Å². The second kappa shape index (κ2) is 10.9. The van der Waals surface area contributed by atoms with E-state index in [0.717, 1.165) is 38.8 Å². The average Bonchev–Trinajstić information content (AvgIpc) is 2.67. The van der Waals surface area contributed by atoms with E-state index in [-0.39, 0.29) is 18.6 Å². The summed E-state index contributed by atoms with van der Waals surface area (Å²) < 4.78 is 29.4. The van der Waals surface area contributed by atoms with Gasteiger partial charge in [0.1, 0.15) is 11.6 Å².